The minimum atomic E-state index is -0.199. The molecule has 0 unspecified atom stereocenters. The average molecular weight is 453 g/mol. The smallest absolute Gasteiger partial charge is 0.244 e. The van der Waals surface area contributed by atoms with Crippen LogP contribution in [0.4, 0.5) is 5.69 Å². The fourth-order valence-corrected chi connectivity index (χ4v) is 3.83. The van der Waals surface area contributed by atoms with E-state index < -0.39 is 0 Å². The number of ether oxygens (including phenoxy) is 2. The molecule has 2 N–H and O–H groups in total. The Balaban J connectivity index is 1.38. The van der Waals surface area contributed by atoms with Crippen LogP contribution in [0, 0.1) is 4.77 Å². The maximum absolute atomic E-state index is 12.6. The van der Waals surface area contributed by atoms with Crippen LogP contribution in [0.25, 0.3) is 10.7 Å². The van der Waals surface area contributed by atoms with Gasteiger partial charge in [-0.05, 0) is 79.1 Å². The predicted octanol–water partition coefficient (Wildman–Crippen LogP) is 5.50. The highest BCUT2D eigenvalue weighted by Gasteiger charge is 2.13. The topological polar surface area (TPSA) is 81.2 Å². The normalized spacial score (nSPS) is 10.6. The molecular weight excluding hydrogens is 432 g/mol. The van der Waals surface area contributed by atoms with E-state index in [1.54, 1.807) is 28.8 Å². The van der Waals surface area contributed by atoms with Gasteiger partial charge in [-0.1, -0.05) is 6.07 Å². The number of thiophene rings is 1. The molecule has 0 bridgehead atoms. The summed E-state index contributed by atoms with van der Waals surface area (Å²) >= 11 is 6.81. The van der Waals surface area contributed by atoms with Crippen molar-refractivity contribution < 1.29 is 14.3 Å². The van der Waals surface area contributed by atoms with Gasteiger partial charge in [0.15, 0.2) is 10.6 Å². The third kappa shape index (κ3) is 5.19. The highest BCUT2D eigenvalue weighted by atomic mass is 32.1. The van der Waals surface area contributed by atoms with Gasteiger partial charge in [0, 0.05) is 5.69 Å². The monoisotopic (exact) mass is 452 g/mol. The van der Waals surface area contributed by atoms with E-state index in [0.29, 0.717) is 34.4 Å². The van der Waals surface area contributed by atoms with Crippen LogP contribution in [0.3, 0.4) is 0 Å². The number of nitrogens with one attached hydrogen (secondary N) is 2. The molecule has 2 aromatic heterocycles. The Morgan fingerprint density at radius 1 is 1.10 bits per heavy atom. The lowest BCUT2D eigenvalue weighted by Crippen LogP contribution is -2.19. The van der Waals surface area contributed by atoms with Crippen LogP contribution >= 0.6 is 23.6 Å². The number of amides is 1. The largest absolute Gasteiger partial charge is 0.494 e. The first kappa shape index (κ1) is 20.8. The number of carbonyl (C=O) groups excluding carboxylic acids is 1. The lowest BCUT2D eigenvalue weighted by Gasteiger charge is -2.10. The molecule has 0 saturated carbocycles. The van der Waals surface area contributed by atoms with Gasteiger partial charge in [0.2, 0.25) is 5.91 Å². The molecule has 4 rings (SSSR count). The number of benzene rings is 2. The summed E-state index contributed by atoms with van der Waals surface area (Å²) in [7, 11) is 0. The lowest BCUT2D eigenvalue weighted by atomic mass is 10.3. The fourth-order valence-electron chi connectivity index (χ4n) is 2.92. The molecule has 0 aliphatic heterocycles. The summed E-state index contributed by atoms with van der Waals surface area (Å²) in [4.78, 5) is 13.5. The second kappa shape index (κ2) is 9.59. The van der Waals surface area contributed by atoms with E-state index in [4.69, 9.17) is 21.7 Å². The van der Waals surface area contributed by atoms with Crippen molar-refractivity contribution in [2.45, 2.75) is 13.5 Å². The number of nitrogens with zero attached hydrogens (tertiary/aromatic N) is 2. The molecule has 9 heteroatoms. The van der Waals surface area contributed by atoms with Crippen molar-refractivity contribution in [3.63, 3.8) is 0 Å². The summed E-state index contributed by atoms with van der Waals surface area (Å²) in [5.74, 6) is 2.62. The zero-order chi connectivity index (χ0) is 21.6. The number of aromatic amines is 1. The Morgan fingerprint density at radius 3 is 2.42 bits per heavy atom. The van der Waals surface area contributed by atoms with Gasteiger partial charge >= 0.3 is 0 Å². The number of aromatic nitrogens is 3. The predicted molar refractivity (Wildman–Crippen MR) is 123 cm³/mol. The lowest BCUT2D eigenvalue weighted by molar-refractivity contribution is -0.116. The van der Waals surface area contributed by atoms with E-state index in [-0.39, 0.29) is 12.5 Å². The minimum absolute atomic E-state index is 0.0625. The van der Waals surface area contributed by atoms with Gasteiger partial charge in [-0.25, -0.2) is 0 Å². The molecule has 158 valence electrons. The van der Waals surface area contributed by atoms with E-state index >= 15 is 0 Å². The summed E-state index contributed by atoms with van der Waals surface area (Å²) < 4.78 is 13.3. The van der Waals surface area contributed by atoms with E-state index in [0.717, 1.165) is 10.6 Å². The minimum Gasteiger partial charge on any atom is -0.494 e. The standard InChI is InChI=1S/C22H20N4O3S2/c1-2-28-16-9-11-18(12-10-16)29-17-7-5-15(6-8-17)23-20(27)14-26-21(24-25-22(26)30)19-4-3-13-31-19/h3-13H,2,14H2,1H3,(H,23,27)(H,25,30). The van der Waals surface area contributed by atoms with Gasteiger partial charge in [0.25, 0.3) is 0 Å². The molecule has 1 amide bonds. The molecule has 31 heavy (non-hydrogen) atoms. The van der Waals surface area contributed by atoms with Crippen LogP contribution in [0.1, 0.15) is 6.92 Å². The molecule has 0 aliphatic carbocycles. The van der Waals surface area contributed by atoms with Crippen molar-refractivity contribution in [2.24, 2.45) is 0 Å². The fraction of sp³-hybridized carbons (Fsp3) is 0.136. The molecule has 7 nitrogen and oxygen atoms in total. The van der Waals surface area contributed by atoms with Gasteiger partial charge in [-0.15, -0.1) is 11.3 Å². The van der Waals surface area contributed by atoms with Crippen LogP contribution in [0.5, 0.6) is 17.2 Å². The Hall–Kier alpha value is -3.43. The van der Waals surface area contributed by atoms with Crippen molar-refractivity contribution in [1.29, 1.82) is 0 Å². The molecule has 4 aromatic rings. The van der Waals surface area contributed by atoms with Crippen molar-refractivity contribution in [2.75, 3.05) is 11.9 Å². The first-order valence-electron chi connectivity index (χ1n) is 9.62. The van der Waals surface area contributed by atoms with E-state index in [2.05, 4.69) is 15.5 Å². The van der Waals surface area contributed by atoms with Crippen molar-refractivity contribution in [3.8, 4) is 28.0 Å². The molecule has 0 fully saturated rings. The van der Waals surface area contributed by atoms with Crippen LogP contribution < -0.4 is 14.8 Å². The van der Waals surface area contributed by atoms with Crippen LogP contribution in [-0.2, 0) is 11.3 Å². The molecule has 2 heterocycles. The Morgan fingerprint density at radius 2 is 1.77 bits per heavy atom. The van der Waals surface area contributed by atoms with Gasteiger partial charge in [-0.3, -0.25) is 14.5 Å². The Bertz CT molecular complexity index is 1200. The van der Waals surface area contributed by atoms with Crippen molar-refractivity contribution in [3.05, 3.63) is 70.8 Å². The summed E-state index contributed by atoms with van der Waals surface area (Å²) in [5, 5.41) is 11.8. The van der Waals surface area contributed by atoms with Gasteiger partial charge in [0.05, 0.1) is 11.5 Å². The van der Waals surface area contributed by atoms with Gasteiger partial charge in [-0.2, -0.15) is 5.10 Å². The van der Waals surface area contributed by atoms with Crippen LogP contribution in [0.15, 0.2) is 66.0 Å². The van der Waals surface area contributed by atoms with E-state index in [1.165, 1.54) is 11.3 Å². The molecule has 0 atom stereocenters. The number of anilines is 1. The number of hydrogen-bond donors (Lipinski definition) is 2. The first-order valence-corrected chi connectivity index (χ1v) is 10.9. The SMILES string of the molecule is CCOc1ccc(Oc2ccc(NC(=O)Cn3c(-c4cccs4)n[nH]c3=S)cc2)cc1. The number of rotatable bonds is 8. The second-order valence-electron chi connectivity index (χ2n) is 6.49. The molecule has 2 aromatic carbocycles. The first-order chi connectivity index (χ1) is 15.1. The summed E-state index contributed by atoms with van der Waals surface area (Å²) in [6.07, 6.45) is 0. The Labute approximate surface area is 188 Å². The third-order valence-electron chi connectivity index (χ3n) is 4.31. The zero-order valence-corrected chi connectivity index (χ0v) is 18.3. The zero-order valence-electron chi connectivity index (χ0n) is 16.7. The summed E-state index contributed by atoms with van der Waals surface area (Å²) in [6, 6.07) is 18.5. The number of hydrogen-bond acceptors (Lipinski definition) is 6. The molecule has 0 spiro atoms. The maximum atomic E-state index is 12.6. The molecule has 0 saturated heterocycles. The van der Waals surface area contributed by atoms with Crippen LogP contribution in [-0.4, -0.2) is 27.3 Å². The number of carbonyl (C=O) groups is 1. The second-order valence-corrected chi connectivity index (χ2v) is 7.83. The van der Waals surface area contributed by atoms with Crippen molar-refractivity contribution >= 4 is 35.1 Å². The molecule has 0 aliphatic rings. The number of H-pyrrole nitrogens is 1. The average Bonchev–Trinajstić information content (AvgIpc) is 3.42. The molecule has 0 radical (unpaired) electrons. The summed E-state index contributed by atoms with van der Waals surface area (Å²) in [6.45, 7) is 2.62. The van der Waals surface area contributed by atoms with Crippen LogP contribution in [0.2, 0.25) is 0 Å². The van der Waals surface area contributed by atoms with E-state index in [1.807, 2.05) is 48.7 Å². The highest BCUT2D eigenvalue weighted by molar-refractivity contribution is 7.71. The van der Waals surface area contributed by atoms with Crippen molar-refractivity contribution in [1.82, 2.24) is 14.8 Å². The Kier molecular flexibility index (Phi) is 6.44. The van der Waals surface area contributed by atoms with E-state index in [9.17, 15) is 4.79 Å². The highest BCUT2D eigenvalue weighted by Crippen LogP contribution is 2.26. The quantitative estimate of drug-likeness (QED) is 0.345. The summed E-state index contributed by atoms with van der Waals surface area (Å²) in [5.41, 5.74) is 0.664. The molecular formula is C22H20N4O3S2. The third-order valence-corrected chi connectivity index (χ3v) is 5.49. The van der Waals surface area contributed by atoms with Gasteiger partial charge < -0.3 is 14.8 Å². The maximum Gasteiger partial charge on any atom is 0.244 e. The van der Waals surface area contributed by atoms with Gasteiger partial charge in [0.1, 0.15) is 23.8 Å².